The second-order valence-corrected chi connectivity index (χ2v) is 8.05. The average Bonchev–Trinajstić information content (AvgIpc) is 2.60. The van der Waals surface area contributed by atoms with Crippen molar-refractivity contribution < 1.29 is 14.6 Å². The minimum Gasteiger partial charge on any atom is -0.438 e. The third-order valence-corrected chi connectivity index (χ3v) is 5.10. The highest BCUT2D eigenvalue weighted by molar-refractivity contribution is 7.98. The van der Waals surface area contributed by atoms with Crippen LogP contribution in [0, 0.1) is 20.8 Å². The van der Waals surface area contributed by atoms with E-state index in [1.54, 1.807) is 36.9 Å². The van der Waals surface area contributed by atoms with Gasteiger partial charge in [-0.2, -0.15) is 11.8 Å². The molecule has 152 valence electrons. The first-order chi connectivity index (χ1) is 13.3. The van der Waals surface area contributed by atoms with Crippen LogP contribution in [0.1, 0.15) is 33.6 Å². The van der Waals surface area contributed by atoms with Crippen LogP contribution in [0.3, 0.4) is 0 Å². The summed E-state index contributed by atoms with van der Waals surface area (Å²) in [6.45, 7) is 5.49. The van der Waals surface area contributed by atoms with Gasteiger partial charge in [-0.05, 0) is 68.5 Å². The molecule has 1 aromatic carbocycles. The molecule has 0 fully saturated rings. The van der Waals surface area contributed by atoms with E-state index in [-0.39, 0.29) is 24.1 Å². The zero-order chi connectivity index (χ0) is 20.8. The Kier molecular flexibility index (Phi) is 7.98. The van der Waals surface area contributed by atoms with Gasteiger partial charge in [-0.15, -0.1) is 0 Å². The lowest BCUT2D eigenvalue weighted by atomic mass is 10.1. The highest BCUT2D eigenvalue weighted by atomic mass is 35.5. The number of aromatic nitrogens is 1. The number of anilines is 1. The van der Waals surface area contributed by atoms with E-state index in [0.29, 0.717) is 22.2 Å². The Bertz CT molecular complexity index is 838. The highest BCUT2D eigenvalue weighted by Gasteiger charge is 2.22. The van der Waals surface area contributed by atoms with Gasteiger partial charge in [-0.3, -0.25) is 4.79 Å². The number of hydrogen-bond donors (Lipinski definition) is 3. The summed E-state index contributed by atoms with van der Waals surface area (Å²) in [5, 5.41) is 13.5. The lowest BCUT2D eigenvalue weighted by Crippen LogP contribution is -2.27. The second-order valence-electron chi connectivity index (χ2n) is 6.63. The number of nitrogens with two attached hydrogens (primary N) is 1. The van der Waals surface area contributed by atoms with Crippen LogP contribution in [0.2, 0.25) is 5.02 Å². The van der Waals surface area contributed by atoms with Gasteiger partial charge in [0.05, 0.1) is 18.3 Å². The van der Waals surface area contributed by atoms with Gasteiger partial charge < -0.3 is 20.9 Å². The third-order valence-electron chi connectivity index (χ3n) is 4.24. The molecule has 28 heavy (non-hydrogen) atoms. The first-order valence-electron chi connectivity index (χ1n) is 8.89. The van der Waals surface area contributed by atoms with Crippen molar-refractivity contribution in [3.63, 3.8) is 0 Å². The summed E-state index contributed by atoms with van der Waals surface area (Å²) in [6, 6.07) is 5.09. The zero-order valence-corrected chi connectivity index (χ0v) is 18.1. The van der Waals surface area contributed by atoms with E-state index in [4.69, 9.17) is 22.1 Å². The maximum absolute atomic E-state index is 12.2. The molecule has 0 radical (unpaired) electrons. The van der Waals surface area contributed by atoms with Crippen molar-refractivity contribution in [2.24, 2.45) is 5.73 Å². The number of hydrogen-bond acceptors (Lipinski definition) is 6. The number of pyridine rings is 1. The van der Waals surface area contributed by atoms with Crippen LogP contribution in [-0.2, 0) is 0 Å². The smallest absolute Gasteiger partial charge is 0.256 e. The van der Waals surface area contributed by atoms with Gasteiger partial charge in [-0.1, -0.05) is 11.6 Å². The molecular weight excluding hydrogens is 398 g/mol. The number of thioether (sulfide) groups is 1. The molecule has 1 heterocycles. The van der Waals surface area contributed by atoms with E-state index in [1.165, 1.54) is 0 Å². The first-order valence-corrected chi connectivity index (χ1v) is 10.7. The topological polar surface area (TPSA) is 97.5 Å². The van der Waals surface area contributed by atoms with Crippen molar-refractivity contribution in [3.05, 3.63) is 45.6 Å². The van der Waals surface area contributed by atoms with Gasteiger partial charge >= 0.3 is 0 Å². The maximum atomic E-state index is 12.2. The van der Waals surface area contributed by atoms with Gasteiger partial charge in [0.15, 0.2) is 0 Å². The SMILES string of the molecule is CSCCC(CO)Nc1cc(C)nc(Oc2c(C)cc(Cl)cc2C)c1C(N)=O. The van der Waals surface area contributed by atoms with Crippen LogP contribution >= 0.6 is 23.4 Å². The minimum atomic E-state index is -0.657. The number of primary amides is 1. The predicted octanol–water partition coefficient (Wildman–Crippen LogP) is 4.08. The summed E-state index contributed by atoms with van der Waals surface area (Å²) in [6.07, 6.45) is 2.74. The van der Waals surface area contributed by atoms with Crippen molar-refractivity contribution in [1.82, 2.24) is 4.98 Å². The molecule has 0 aliphatic heterocycles. The largest absolute Gasteiger partial charge is 0.438 e. The summed E-state index contributed by atoms with van der Waals surface area (Å²) >= 11 is 7.78. The summed E-state index contributed by atoms with van der Waals surface area (Å²) in [5.41, 5.74) is 8.62. The van der Waals surface area contributed by atoms with E-state index >= 15 is 0 Å². The zero-order valence-electron chi connectivity index (χ0n) is 16.5. The van der Waals surface area contributed by atoms with Gasteiger partial charge in [0, 0.05) is 10.7 Å². The number of aryl methyl sites for hydroxylation is 3. The van der Waals surface area contributed by atoms with Gasteiger partial charge in [-0.25, -0.2) is 4.98 Å². The minimum absolute atomic E-state index is 0.0638. The van der Waals surface area contributed by atoms with Crippen molar-refractivity contribution in [1.29, 1.82) is 0 Å². The molecule has 1 amide bonds. The number of carbonyl (C=O) groups is 1. The number of halogens is 1. The molecule has 4 N–H and O–H groups in total. The monoisotopic (exact) mass is 423 g/mol. The molecule has 1 unspecified atom stereocenters. The summed E-state index contributed by atoms with van der Waals surface area (Å²) < 4.78 is 6.03. The number of amides is 1. The van der Waals surface area contributed by atoms with E-state index in [1.807, 2.05) is 20.1 Å². The molecule has 2 aromatic rings. The van der Waals surface area contributed by atoms with Crippen LogP contribution in [-0.4, -0.2) is 40.7 Å². The second kappa shape index (κ2) is 10.0. The highest BCUT2D eigenvalue weighted by Crippen LogP contribution is 2.34. The molecule has 2 rings (SSSR count). The Balaban J connectivity index is 2.48. The van der Waals surface area contributed by atoms with Crippen LogP contribution in [0.4, 0.5) is 5.69 Å². The number of aliphatic hydroxyl groups excluding tert-OH is 1. The van der Waals surface area contributed by atoms with Crippen LogP contribution < -0.4 is 15.8 Å². The Morgan fingerprint density at radius 1 is 1.32 bits per heavy atom. The molecule has 6 nitrogen and oxygen atoms in total. The quantitative estimate of drug-likeness (QED) is 0.562. The Hall–Kier alpha value is -1.96. The molecule has 0 aliphatic rings. The summed E-state index contributed by atoms with van der Waals surface area (Å²) in [5.74, 6) is 0.929. The van der Waals surface area contributed by atoms with Gasteiger partial charge in [0.2, 0.25) is 5.88 Å². The first kappa shape index (κ1) is 22.3. The maximum Gasteiger partial charge on any atom is 0.256 e. The van der Waals surface area contributed by atoms with E-state index < -0.39 is 5.91 Å². The van der Waals surface area contributed by atoms with Crippen molar-refractivity contribution >= 4 is 35.0 Å². The summed E-state index contributed by atoms with van der Waals surface area (Å²) in [7, 11) is 0. The predicted molar refractivity (Wildman–Crippen MR) is 116 cm³/mol. The molecule has 0 saturated carbocycles. The molecule has 8 heteroatoms. The standard InChI is InChI=1S/C20H26ClN3O3S/c1-11-7-14(21)8-12(2)18(11)27-20-17(19(22)26)16(9-13(3)23-20)24-15(10-25)5-6-28-4/h7-9,15,25H,5-6,10H2,1-4H3,(H2,22,26)(H,23,24). The van der Waals surface area contributed by atoms with Crippen molar-refractivity contribution in [2.75, 3.05) is 23.9 Å². The number of aliphatic hydroxyl groups is 1. The van der Waals surface area contributed by atoms with Crippen molar-refractivity contribution in [3.8, 4) is 11.6 Å². The van der Waals surface area contributed by atoms with Gasteiger partial charge in [0.25, 0.3) is 5.91 Å². The van der Waals surface area contributed by atoms with Gasteiger partial charge in [0.1, 0.15) is 11.3 Å². The van der Waals surface area contributed by atoms with E-state index in [2.05, 4.69) is 10.3 Å². The molecule has 0 spiro atoms. The fourth-order valence-electron chi connectivity index (χ4n) is 2.91. The van der Waals surface area contributed by atoms with Crippen LogP contribution in [0.5, 0.6) is 11.6 Å². The number of ether oxygens (including phenoxy) is 1. The molecule has 0 aliphatic carbocycles. The number of nitrogens with zero attached hydrogens (tertiary/aromatic N) is 1. The molecule has 0 saturated heterocycles. The fraction of sp³-hybridized carbons (Fsp3) is 0.400. The van der Waals surface area contributed by atoms with E-state index in [9.17, 15) is 9.90 Å². The number of carbonyl (C=O) groups excluding carboxylic acids is 1. The lowest BCUT2D eigenvalue weighted by molar-refractivity contribution is 0.0998. The molecular formula is C20H26ClN3O3S. The van der Waals surface area contributed by atoms with Crippen LogP contribution in [0.15, 0.2) is 18.2 Å². The van der Waals surface area contributed by atoms with Crippen molar-refractivity contribution in [2.45, 2.75) is 33.2 Å². The number of benzene rings is 1. The molecule has 1 atom stereocenters. The fourth-order valence-corrected chi connectivity index (χ4v) is 3.76. The van der Waals surface area contributed by atoms with Crippen LogP contribution in [0.25, 0.3) is 0 Å². The average molecular weight is 424 g/mol. The molecule has 1 aromatic heterocycles. The summed E-state index contributed by atoms with van der Waals surface area (Å²) in [4.78, 5) is 16.6. The Morgan fingerprint density at radius 3 is 2.50 bits per heavy atom. The number of nitrogens with one attached hydrogen (secondary N) is 1. The molecule has 0 bridgehead atoms. The Labute approximate surface area is 174 Å². The Morgan fingerprint density at radius 2 is 1.96 bits per heavy atom. The number of rotatable bonds is 9. The lowest BCUT2D eigenvalue weighted by Gasteiger charge is -2.21. The normalized spacial score (nSPS) is 11.9. The van der Waals surface area contributed by atoms with E-state index in [0.717, 1.165) is 23.3 Å². The third kappa shape index (κ3) is 5.53.